The van der Waals surface area contributed by atoms with Crippen molar-refractivity contribution >= 4 is 0 Å². The van der Waals surface area contributed by atoms with E-state index in [0.717, 1.165) is 17.9 Å². The lowest BCUT2D eigenvalue weighted by molar-refractivity contribution is 0.165. The molecule has 1 fully saturated rings. The van der Waals surface area contributed by atoms with E-state index in [0.29, 0.717) is 37.5 Å². The van der Waals surface area contributed by atoms with Crippen LogP contribution in [0.2, 0.25) is 0 Å². The van der Waals surface area contributed by atoms with Crippen LogP contribution >= 0.6 is 0 Å². The number of rotatable bonds is 5. The summed E-state index contributed by atoms with van der Waals surface area (Å²) in [7, 11) is 0. The first-order valence-corrected chi connectivity index (χ1v) is 8.65. The third kappa shape index (κ3) is 3.24. The molecule has 0 amide bonds. The van der Waals surface area contributed by atoms with Gasteiger partial charge in [0.1, 0.15) is 0 Å². The maximum atomic E-state index is 5.83. The van der Waals surface area contributed by atoms with Gasteiger partial charge in [-0.25, -0.2) is 0 Å². The Labute approximate surface area is 141 Å². The fourth-order valence-corrected chi connectivity index (χ4v) is 3.18. The molecule has 1 aromatic heterocycles. The molecule has 6 nitrogen and oxygen atoms in total. The van der Waals surface area contributed by atoms with Crippen LogP contribution in [0, 0.1) is 6.92 Å². The number of hydrogen-bond acceptors (Lipinski definition) is 6. The van der Waals surface area contributed by atoms with Gasteiger partial charge in [-0.2, -0.15) is 4.98 Å². The minimum atomic E-state index is 0.252. The standard InChI is InChI=1S/C18H23N3O3/c1-12(14-4-7-16-17(10-14)23-9-3-8-22-16)21(15-5-6-15)11-18-19-13(2)20-24-18/h4,7,10,12,15H,3,5-6,8-9,11H2,1-2H3. The number of hydrogen-bond donors (Lipinski definition) is 0. The maximum absolute atomic E-state index is 5.83. The van der Waals surface area contributed by atoms with Gasteiger partial charge in [0.25, 0.3) is 0 Å². The Morgan fingerprint density at radius 2 is 2.00 bits per heavy atom. The van der Waals surface area contributed by atoms with Crippen LogP contribution in [0.25, 0.3) is 0 Å². The summed E-state index contributed by atoms with van der Waals surface area (Å²) in [5.41, 5.74) is 1.22. The summed E-state index contributed by atoms with van der Waals surface area (Å²) >= 11 is 0. The largest absolute Gasteiger partial charge is 0.490 e. The Bertz CT molecular complexity index is 711. The minimum absolute atomic E-state index is 0.252. The molecule has 2 aromatic rings. The molecule has 2 aliphatic rings. The van der Waals surface area contributed by atoms with Gasteiger partial charge in [0.2, 0.25) is 5.89 Å². The number of aryl methyl sites for hydroxylation is 1. The van der Waals surface area contributed by atoms with E-state index in [1.165, 1.54) is 18.4 Å². The van der Waals surface area contributed by atoms with Crippen molar-refractivity contribution in [3.05, 3.63) is 35.5 Å². The van der Waals surface area contributed by atoms with Crippen molar-refractivity contribution in [1.82, 2.24) is 15.0 Å². The quantitative estimate of drug-likeness (QED) is 0.839. The van der Waals surface area contributed by atoms with Crippen molar-refractivity contribution in [3.8, 4) is 11.5 Å². The summed E-state index contributed by atoms with van der Waals surface area (Å²) in [5, 5.41) is 3.90. The predicted octanol–water partition coefficient (Wildman–Crippen LogP) is 3.26. The molecule has 6 heteroatoms. The average Bonchev–Trinajstić information content (AvgIpc) is 3.37. The van der Waals surface area contributed by atoms with Crippen LogP contribution in [0.4, 0.5) is 0 Å². The van der Waals surface area contributed by atoms with E-state index in [1.54, 1.807) is 0 Å². The SMILES string of the molecule is Cc1noc(CN(C2CC2)C(C)c2ccc3c(c2)OCCCO3)n1. The van der Waals surface area contributed by atoms with Crippen molar-refractivity contribution < 1.29 is 14.0 Å². The number of ether oxygens (including phenoxy) is 2. The van der Waals surface area contributed by atoms with Crippen LogP contribution in [0.15, 0.2) is 22.7 Å². The molecule has 1 unspecified atom stereocenters. The van der Waals surface area contributed by atoms with E-state index >= 15 is 0 Å². The normalized spacial score (nSPS) is 18.5. The Morgan fingerprint density at radius 1 is 1.21 bits per heavy atom. The number of aromatic nitrogens is 2. The van der Waals surface area contributed by atoms with Gasteiger partial charge in [-0.05, 0) is 44.4 Å². The fraction of sp³-hybridized carbons (Fsp3) is 0.556. The van der Waals surface area contributed by atoms with Crippen LogP contribution in [-0.2, 0) is 6.54 Å². The molecule has 0 N–H and O–H groups in total. The monoisotopic (exact) mass is 329 g/mol. The van der Waals surface area contributed by atoms with Crippen LogP contribution < -0.4 is 9.47 Å². The summed E-state index contributed by atoms with van der Waals surface area (Å²) < 4.78 is 16.9. The molecule has 0 bridgehead atoms. The zero-order valence-electron chi connectivity index (χ0n) is 14.2. The van der Waals surface area contributed by atoms with Gasteiger partial charge in [0.05, 0.1) is 19.8 Å². The van der Waals surface area contributed by atoms with E-state index in [2.05, 4.69) is 34.1 Å². The lowest BCUT2D eigenvalue weighted by Gasteiger charge is -2.28. The smallest absolute Gasteiger partial charge is 0.240 e. The molecule has 1 atom stereocenters. The molecule has 0 spiro atoms. The van der Waals surface area contributed by atoms with E-state index < -0.39 is 0 Å². The van der Waals surface area contributed by atoms with Gasteiger partial charge in [-0.15, -0.1) is 0 Å². The van der Waals surface area contributed by atoms with E-state index in [4.69, 9.17) is 14.0 Å². The lowest BCUT2D eigenvalue weighted by atomic mass is 10.1. The van der Waals surface area contributed by atoms with Crippen molar-refractivity contribution in [2.45, 2.75) is 51.7 Å². The molecule has 2 heterocycles. The summed E-state index contributed by atoms with van der Waals surface area (Å²) in [4.78, 5) is 6.79. The van der Waals surface area contributed by atoms with Crippen molar-refractivity contribution in [3.63, 3.8) is 0 Å². The summed E-state index contributed by atoms with van der Waals surface area (Å²) in [5.74, 6) is 3.06. The Hall–Kier alpha value is -2.08. The first-order chi connectivity index (χ1) is 11.7. The molecule has 4 rings (SSSR count). The molecule has 1 saturated carbocycles. The van der Waals surface area contributed by atoms with Crippen LogP contribution in [-0.4, -0.2) is 34.3 Å². The summed E-state index contributed by atoms with van der Waals surface area (Å²) in [6.45, 7) is 6.18. The second kappa shape index (κ2) is 6.43. The second-order valence-electron chi connectivity index (χ2n) is 6.57. The topological polar surface area (TPSA) is 60.6 Å². The zero-order chi connectivity index (χ0) is 16.5. The third-order valence-electron chi connectivity index (χ3n) is 4.65. The molecule has 1 aliphatic carbocycles. The van der Waals surface area contributed by atoms with E-state index in [-0.39, 0.29) is 6.04 Å². The van der Waals surface area contributed by atoms with Gasteiger partial charge in [-0.3, -0.25) is 4.90 Å². The molecular weight excluding hydrogens is 306 g/mol. The molecule has 128 valence electrons. The number of benzene rings is 1. The van der Waals surface area contributed by atoms with Crippen molar-refractivity contribution in [1.29, 1.82) is 0 Å². The number of fused-ring (bicyclic) bond motifs is 1. The molecular formula is C18H23N3O3. The molecule has 1 aromatic carbocycles. The first-order valence-electron chi connectivity index (χ1n) is 8.65. The average molecular weight is 329 g/mol. The maximum Gasteiger partial charge on any atom is 0.240 e. The molecule has 0 saturated heterocycles. The highest BCUT2D eigenvalue weighted by Crippen LogP contribution is 2.38. The zero-order valence-corrected chi connectivity index (χ0v) is 14.2. The highest BCUT2D eigenvalue weighted by atomic mass is 16.5. The van der Waals surface area contributed by atoms with Gasteiger partial charge >= 0.3 is 0 Å². The highest BCUT2D eigenvalue weighted by Gasteiger charge is 2.34. The van der Waals surface area contributed by atoms with Crippen molar-refractivity contribution in [2.75, 3.05) is 13.2 Å². The first kappa shape index (κ1) is 15.4. The van der Waals surface area contributed by atoms with Gasteiger partial charge in [0.15, 0.2) is 17.3 Å². The third-order valence-corrected chi connectivity index (χ3v) is 4.65. The lowest BCUT2D eigenvalue weighted by Crippen LogP contribution is -2.29. The van der Waals surface area contributed by atoms with Crippen LogP contribution in [0.5, 0.6) is 11.5 Å². The van der Waals surface area contributed by atoms with E-state index in [1.807, 2.05) is 13.0 Å². The molecule has 0 radical (unpaired) electrons. The fourth-order valence-electron chi connectivity index (χ4n) is 3.18. The van der Waals surface area contributed by atoms with Crippen LogP contribution in [0.3, 0.4) is 0 Å². The van der Waals surface area contributed by atoms with Gasteiger partial charge < -0.3 is 14.0 Å². The van der Waals surface area contributed by atoms with Crippen molar-refractivity contribution in [2.24, 2.45) is 0 Å². The minimum Gasteiger partial charge on any atom is -0.490 e. The number of nitrogens with zero attached hydrogens (tertiary/aromatic N) is 3. The molecule has 1 aliphatic heterocycles. The Balaban J connectivity index is 1.56. The van der Waals surface area contributed by atoms with E-state index in [9.17, 15) is 0 Å². The summed E-state index contributed by atoms with van der Waals surface area (Å²) in [6.07, 6.45) is 3.37. The second-order valence-corrected chi connectivity index (χ2v) is 6.57. The summed E-state index contributed by atoms with van der Waals surface area (Å²) in [6, 6.07) is 7.10. The van der Waals surface area contributed by atoms with Gasteiger partial charge in [-0.1, -0.05) is 11.2 Å². The van der Waals surface area contributed by atoms with Crippen LogP contribution in [0.1, 0.15) is 49.5 Å². The Kier molecular flexibility index (Phi) is 4.14. The highest BCUT2D eigenvalue weighted by molar-refractivity contribution is 5.44. The predicted molar refractivity (Wildman–Crippen MR) is 88.1 cm³/mol. The molecule has 24 heavy (non-hydrogen) atoms. The van der Waals surface area contributed by atoms with Gasteiger partial charge in [0, 0.05) is 18.5 Å². The Morgan fingerprint density at radius 3 is 2.71 bits per heavy atom.